The van der Waals surface area contributed by atoms with Gasteiger partial charge in [-0.15, -0.1) is 8.78 Å². The van der Waals surface area contributed by atoms with Crippen molar-refractivity contribution in [1.29, 1.82) is 5.41 Å². The zero-order chi connectivity index (χ0) is 24.7. The van der Waals surface area contributed by atoms with Crippen LogP contribution in [0.5, 0.6) is 11.5 Å². The number of ether oxygens (including phenoxy) is 2. The van der Waals surface area contributed by atoms with Crippen molar-refractivity contribution in [2.24, 2.45) is 0 Å². The Labute approximate surface area is 198 Å². The van der Waals surface area contributed by atoms with Crippen molar-refractivity contribution in [3.05, 3.63) is 82.0 Å². The number of carboxylic acids is 1. The third-order valence-electron chi connectivity index (χ3n) is 5.57. The molecule has 1 saturated carbocycles. The number of rotatable bonds is 7. The molecule has 2 aromatic carbocycles. The molecule has 1 fully saturated rings. The van der Waals surface area contributed by atoms with Crippen molar-refractivity contribution in [3.8, 4) is 11.5 Å². The van der Waals surface area contributed by atoms with Gasteiger partial charge in [-0.1, -0.05) is 29.8 Å². The van der Waals surface area contributed by atoms with Crippen LogP contribution in [-0.4, -0.2) is 29.0 Å². The minimum atomic E-state index is -3.72. The van der Waals surface area contributed by atoms with Crippen LogP contribution in [0, 0.1) is 5.41 Å². The van der Waals surface area contributed by atoms with E-state index in [9.17, 15) is 18.4 Å². The lowest BCUT2D eigenvalue weighted by atomic mass is 9.94. The van der Waals surface area contributed by atoms with E-state index in [1.807, 2.05) is 0 Å². The number of nitrogens with one attached hydrogen (secondary N) is 2. The van der Waals surface area contributed by atoms with Crippen LogP contribution < -0.4 is 14.8 Å². The van der Waals surface area contributed by atoms with Crippen LogP contribution in [0.3, 0.4) is 0 Å². The quantitative estimate of drug-likeness (QED) is 0.374. The number of aromatic carboxylic acids is 1. The standard InChI is InChI=1S/C24H19ClF2N2O5/c1-13(3-2-4-18(28)14-5-7-17(25)16(11-14)21(30)31)29-22(32)23(9-10-23)15-6-8-19-20(12-15)34-24(26,27)33-19/h2-8,11-12,28H,9-10H2,1H3,(H,29,32)(H,30,31)/b4-2-,13-3+,28-18?. The minimum absolute atomic E-state index is 0.0605. The maximum absolute atomic E-state index is 13.3. The molecule has 1 heterocycles. The number of fused-ring (bicyclic) bond motifs is 1. The molecule has 0 bridgehead atoms. The van der Waals surface area contributed by atoms with Gasteiger partial charge in [0.1, 0.15) is 0 Å². The number of amides is 1. The fourth-order valence-corrected chi connectivity index (χ4v) is 3.80. The fourth-order valence-electron chi connectivity index (χ4n) is 3.60. The molecule has 0 atom stereocenters. The number of alkyl halides is 2. The number of hydrogen-bond acceptors (Lipinski definition) is 5. The number of hydrogen-bond donors (Lipinski definition) is 3. The summed E-state index contributed by atoms with van der Waals surface area (Å²) >= 11 is 5.85. The Morgan fingerprint density at radius 1 is 1.15 bits per heavy atom. The molecule has 176 valence electrons. The fraction of sp³-hybridized carbons (Fsp3) is 0.208. The highest BCUT2D eigenvalue weighted by molar-refractivity contribution is 6.33. The van der Waals surface area contributed by atoms with Gasteiger partial charge >= 0.3 is 12.3 Å². The highest BCUT2D eigenvalue weighted by atomic mass is 35.5. The maximum Gasteiger partial charge on any atom is 0.586 e. The lowest BCUT2D eigenvalue weighted by molar-refractivity contribution is -0.286. The lowest BCUT2D eigenvalue weighted by Crippen LogP contribution is -2.33. The number of allylic oxidation sites excluding steroid dienone is 4. The zero-order valence-electron chi connectivity index (χ0n) is 17.8. The van der Waals surface area contributed by atoms with Crippen molar-refractivity contribution < 1.29 is 33.0 Å². The van der Waals surface area contributed by atoms with Crippen molar-refractivity contribution >= 4 is 29.2 Å². The van der Waals surface area contributed by atoms with Gasteiger partial charge in [0, 0.05) is 11.3 Å². The highest BCUT2D eigenvalue weighted by Gasteiger charge is 2.52. The Morgan fingerprint density at radius 2 is 1.85 bits per heavy atom. The summed E-state index contributed by atoms with van der Waals surface area (Å²) in [4.78, 5) is 24.1. The Balaban J connectivity index is 1.42. The minimum Gasteiger partial charge on any atom is -0.478 e. The summed E-state index contributed by atoms with van der Waals surface area (Å²) in [6.45, 7) is 1.67. The van der Waals surface area contributed by atoms with Crippen LogP contribution in [0.25, 0.3) is 0 Å². The number of carbonyl (C=O) groups excluding carboxylic acids is 1. The van der Waals surface area contributed by atoms with Gasteiger partial charge < -0.3 is 25.3 Å². The van der Waals surface area contributed by atoms with Crippen molar-refractivity contribution in [3.63, 3.8) is 0 Å². The van der Waals surface area contributed by atoms with Gasteiger partial charge in [0.05, 0.1) is 21.7 Å². The third kappa shape index (κ3) is 4.65. The molecule has 3 N–H and O–H groups in total. The Hall–Kier alpha value is -3.72. The molecule has 2 aliphatic rings. The van der Waals surface area contributed by atoms with Crippen molar-refractivity contribution in [2.45, 2.75) is 31.5 Å². The van der Waals surface area contributed by atoms with E-state index in [-0.39, 0.29) is 33.7 Å². The van der Waals surface area contributed by atoms with Gasteiger partial charge in [-0.3, -0.25) is 4.79 Å². The van der Waals surface area contributed by atoms with Crippen LogP contribution in [0.15, 0.2) is 60.3 Å². The molecular formula is C24H19ClF2N2O5. The summed E-state index contributed by atoms with van der Waals surface area (Å²) in [6, 6.07) is 8.61. The second kappa shape index (κ2) is 8.57. The normalized spacial score (nSPS) is 17.5. The molecule has 0 aromatic heterocycles. The molecule has 10 heteroatoms. The summed E-state index contributed by atoms with van der Waals surface area (Å²) in [5.41, 5.74) is 0.572. The average Bonchev–Trinajstić information content (AvgIpc) is 3.50. The topological polar surface area (TPSA) is 109 Å². The molecule has 1 aliphatic heterocycles. The predicted molar refractivity (Wildman–Crippen MR) is 120 cm³/mol. The van der Waals surface area contributed by atoms with E-state index in [0.29, 0.717) is 29.7 Å². The van der Waals surface area contributed by atoms with Gasteiger partial charge in [-0.05, 0) is 61.7 Å². The first-order chi connectivity index (χ1) is 16.0. The summed E-state index contributed by atoms with van der Waals surface area (Å²) in [6.07, 6.45) is 2.00. The van der Waals surface area contributed by atoms with Gasteiger partial charge in [0.15, 0.2) is 11.5 Å². The summed E-state index contributed by atoms with van der Waals surface area (Å²) in [7, 11) is 0. The number of carbonyl (C=O) groups is 2. The summed E-state index contributed by atoms with van der Waals surface area (Å²) in [5.74, 6) is -1.65. The van der Waals surface area contributed by atoms with Gasteiger partial charge in [0.25, 0.3) is 0 Å². The first-order valence-corrected chi connectivity index (χ1v) is 10.6. The number of benzene rings is 2. The van der Waals surface area contributed by atoms with E-state index in [1.54, 1.807) is 25.1 Å². The largest absolute Gasteiger partial charge is 0.586 e. The highest BCUT2D eigenvalue weighted by Crippen LogP contribution is 2.51. The van der Waals surface area contributed by atoms with Crippen LogP contribution in [0.2, 0.25) is 5.02 Å². The molecule has 2 aromatic rings. The maximum atomic E-state index is 13.3. The molecule has 7 nitrogen and oxygen atoms in total. The second-order valence-corrected chi connectivity index (χ2v) is 8.39. The Kier molecular flexibility index (Phi) is 5.91. The van der Waals surface area contributed by atoms with Crippen LogP contribution >= 0.6 is 11.6 Å². The molecule has 0 unspecified atom stereocenters. The van der Waals surface area contributed by atoms with Gasteiger partial charge in [-0.25, -0.2) is 4.79 Å². The van der Waals surface area contributed by atoms with E-state index >= 15 is 0 Å². The van der Waals surface area contributed by atoms with E-state index < -0.39 is 17.7 Å². The van der Waals surface area contributed by atoms with Crippen LogP contribution in [0.1, 0.15) is 41.3 Å². The van der Waals surface area contributed by atoms with Gasteiger partial charge in [-0.2, -0.15) is 0 Å². The number of carboxylic acid groups (broad SMARTS) is 1. The van der Waals surface area contributed by atoms with E-state index in [1.165, 1.54) is 36.4 Å². The zero-order valence-corrected chi connectivity index (χ0v) is 18.6. The van der Waals surface area contributed by atoms with Gasteiger partial charge in [0.2, 0.25) is 5.91 Å². The molecule has 4 rings (SSSR count). The number of halogens is 3. The van der Waals surface area contributed by atoms with Crippen molar-refractivity contribution in [1.82, 2.24) is 5.32 Å². The summed E-state index contributed by atoms with van der Waals surface area (Å²) < 4.78 is 35.5. The molecule has 0 spiro atoms. The van der Waals surface area contributed by atoms with Crippen LogP contribution in [0.4, 0.5) is 8.78 Å². The second-order valence-electron chi connectivity index (χ2n) is 7.99. The Bertz CT molecular complexity index is 1270. The molecule has 1 aliphatic carbocycles. The summed E-state index contributed by atoms with van der Waals surface area (Å²) in [5, 5.41) is 20.2. The monoisotopic (exact) mass is 488 g/mol. The molecule has 34 heavy (non-hydrogen) atoms. The van der Waals surface area contributed by atoms with E-state index in [2.05, 4.69) is 14.8 Å². The third-order valence-corrected chi connectivity index (χ3v) is 5.90. The molecule has 0 radical (unpaired) electrons. The average molecular weight is 489 g/mol. The SMILES string of the molecule is C/C(=C\C=C/C(=N)c1ccc(Cl)c(C(=O)O)c1)NC(=O)C1(c2ccc3c(c2)OC(F)(F)O3)CC1. The predicted octanol–water partition coefficient (Wildman–Crippen LogP) is 5.04. The molecule has 0 saturated heterocycles. The van der Waals surface area contributed by atoms with E-state index in [0.717, 1.165) is 0 Å². The van der Waals surface area contributed by atoms with E-state index in [4.69, 9.17) is 22.1 Å². The lowest BCUT2D eigenvalue weighted by Gasteiger charge is -2.16. The molecule has 1 amide bonds. The first kappa shape index (κ1) is 23.4. The smallest absolute Gasteiger partial charge is 0.478 e. The molecular weight excluding hydrogens is 470 g/mol. The van der Waals surface area contributed by atoms with Crippen LogP contribution in [-0.2, 0) is 10.2 Å². The first-order valence-electron chi connectivity index (χ1n) is 10.2. The van der Waals surface area contributed by atoms with Crippen molar-refractivity contribution in [2.75, 3.05) is 0 Å². The Morgan fingerprint density at radius 3 is 2.53 bits per heavy atom.